The lowest BCUT2D eigenvalue weighted by Gasteiger charge is -2.25. The Balaban J connectivity index is 1.79. The van der Waals surface area contributed by atoms with E-state index in [1.165, 1.54) is 36.4 Å². The van der Waals surface area contributed by atoms with Crippen molar-refractivity contribution >= 4 is 33.6 Å². The van der Waals surface area contributed by atoms with Crippen molar-refractivity contribution in [1.82, 2.24) is 4.31 Å². The Hall–Kier alpha value is -4.22. The van der Waals surface area contributed by atoms with Crippen molar-refractivity contribution in [3.63, 3.8) is 0 Å². The molecular weight excluding hydrogens is 508 g/mol. The van der Waals surface area contributed by atoms with Crippen molar-refractivity contribution in [2.75, 3.05) is 6.54 Å². The van der Waals surface area contributed by atoms with Gasteiger partial charge >= 0.3 is 11.9 Å². The second-order valence-corrected chi connectivity index (χ2v) is 11.2. The van der Waals surface area contributed by atoms with Crippen molar-refractivity contribution in [2.24, 2.45) is 16.5 Å². The number of guanidine groups is 1. The molecule has 0 fully saturated rings. The topological polar surface area (TPSA) is 154 Å². The molecule has 0 radical (unpaired) electrons. The molecular formula is C27H30N4O6S. The fourth-order valence-electron chi connectivity index (χ4n) is 3.35. The molecule has 0 spiro atoms. The van der Waals surface area contributed by atoms with Gasteiger partial charge in [-0.25, -0.2) is 18.2 Å². The molecule has 0 saturated heterocycles. The third-order valence-corrected chi connectivity index (χ3v) is 6.77. The van der Waals surface area contributed by atoms with Gasteiger partial charge < -0.3 is 20.9 Å². The summed E-state index contributed by atoms with van der Waals surface area (Å²) in [5.74, 6) is -1.20. The van der Waals surface area contributed by atoms with Crippen LogP contribution in [-0.4, -0.2) is 42.8 Å². The molecule has 3 rings (SSSR count). The van der Waals surface area contributed by atoms with E-state index in [-0.39, 0.29) is 28.7 Å². The number of rotatable bonds is 9. The maximum Gasteiger partial charge on any atom is 0.343 e. The average Bonchev–Trinajstić information content (AvgIpc) is 2.84. The summed E-state index contributed by atoms with van der Waals surface area (Å²) < 4.78 is 38.7. The van der Waals surface area contributed by atoms with Gasteiger partial charge in [-0.2, -0.15) is 4.31 Å². The van der Waals surface area contributed by atoms with E-state index in [1.54, 1.807) is 57.2 Å². The van der Waals surface area contributed by atoms with Crippen molar-refractivity contribution in [3.05, 3.63) is 90.0 Å². The van der Waals surface area contributed by atoms with Crippen LogP contribution < -0.4 is 16.2 Å². The zero-order valence-corrected chi connectivity index (χ0v) is 22.1. The molecule has 3 aromatic rings. The third kappa shape index (κ3) is 8.15. The Kier molecular flexibility index (Phi) is 8.87. The maximum atomic E-state index is 13.5. The van der Waals surface area contributed by atoms with Crippen LogP contribution in [0.2, 0.25) is 0 Å². The Labute approximate surface area is 221 Å². The van der Waals surface area contributed by atoms with E-state index in [4.69, 9.17) is 20.9 Å². The van der Waals surface area contributed by atoms with Gasteiger partial charge in [0.1, 0.15) is 17.9 Å². The van der Waals surface area contributed by atoms with Crippen molar-refractivity contribution < 1.29 is 27.5 Å². The van der Waals surface area contributed by atoms with Gasteiger partial charge in [0.15, 0.2) is 5.96 Å². The van der Waals surface area contributed by atoms with E-state index in [1.807, 2.05) is 6.07 Å². The first-order valence-corrected chi connectivity index (χ1v) is 13.1. The molecule has 0 amide bonds. The monoisotopic (exact) mass is 538 g/mol. The van der Waals surface area contributed by atoms with Gasteiger partial charge in [0.25, 0.3) is 0 Å². The predicted molar refractivity (Wildman–Crippen MR) is 143 cm³/mol. The lowest BCUT2D eigenvalue weighted by atomic mass is 10.2. The predicted octanol–water partition coefficient (Wildman–Crippen LogP) is 3.34. The third-order valence-electron chi connectivity index (χ3n) is 4.96. The molecule has 0 aliphatic rings. The van der Waals surface area contributed by atoms with Gasteiger partial charge in [0, 0.05) is 6.54 Å². The van der Waals surface area contributed by atoms with Gasteiger partial charge in [0.2, 0.25) is 10.0 Å². The molecule has 0 aliphatic carbocycles. The van der Waals surface area contributed by atoms with Crippen molar-refractivity contribution in [3.8, 4) is 5.75 Å². The van der Waals surface area contributed by atoms with Crippen LogP contribution in [0.5, 0.6) is 5.75 Å². The Morgan fingerprint density at radius 1 is 0.895 bits per heavy atom. The van der Waals surface area contributed by atoms with E-state index in [0.717, 1.165) is 4.31 Å². The molecule has 200 valence electrons. The number of carbonyl (C=O) groups excluding carboxylic acids is 2. The lowest BCUT2D eigenvalue weighted by Crippen LogP contribution is -2.38. The number of aliphatic imine (C=N–C) groups is 1. The largest absolute Gasteiger partial charge is 0.459 e. The van der Waals surface area contributed by atoms with Gasteiger partial charge in [0.05, 0.1) is 16.1 Å². The summed E-state index contributed by atoms with van der Waals surface area (Å²) in [6.07, 6.45) is 0. The Bertz CT molecular complexity index is 1390. The van der Waals surface area contributed by atoms with Crippen molar-refractivity contribution in [2.45, 2.75) is 37.8 Å². The molecule has 4 N–H and O–H groups in total. The van der Waals surface area contributed by atoms with E-state index in [2.05, 4.69) is 4.99 Å². The Morgan fingerprint density at radius 3 is 2.05 bits per heavy atom. The highest BCUT2D eigenvalue weighted by Crippen LogP contribution is 2.22. The van der Waals surface area contributed by atoms with Crippen LogP contribution in [-0.2, 0) is 26.1 Å². The summed E-state index contributed by atoms with van der Waals surface area (Å²) in [5, 5.41) is 0. The second-order valence-electron chi connectivity index (χ2n) is 9.29. The number of ether oxygens (including phenoxy) is 2. The number of carbonyl (C=O) groups is 2. The minimum atomic E-state index is -4.12. The molecule has 38 heavy (non-hydrogen) atoms. The first-order chi connectivity index (χ1) is 17.8. The highest BCUT2D eigenvalue weighted by molar-refractivity contribution is 7.89. The Morgan fingerprint density at radius 2 is 1.50 bits per heavy atom. The van der Waals surface area contributed by atoms with Crippen LogP contribution in [0.1, 0.15) is 36.7 Å². The zero-order chi connectivity index (χ0) is 27.9. The van der Waals surface area contributed by atoms with Gasteiger partial charge in [-0.3, -0.25) is 4.79 Å². The highest BCUT2D eigenvalue weighted by Gasteiger charge is 2.29. The van der Waals surface area contributed by atoms with Crippen molar-refractivity contribution in [1.29, 1.82) is 0 Å². The molecule has 0 heterocycles. The summed E-state index contributed by atoms with van der Waals surface area (Å²) in [4.78, 5) is 28.9. The van der Waals surface area contributed by atoms with Crippen LogP contribution in [0, 0.1) is 0 Å². The summed E-state index contributed by atoms with van der Waals surface area (Å²) in [5.41, 5.74) is 11.2. The smallest absolute Gasteiger partial charge is 0.343 e. The van der Waals surface area contributed by atoms with Gasteiger partial charge in [-0.1, -0.05) is 30.3 Å². The summed E-state index contributed by atoms with van der Waals surface area (Å²) in [7, 11) is -4.12. The van der Waals surface area contributed by atoms with E-state index >= 15 is 0 Å². The fraction of sp³-hybridized carbons (Fsp3) is 0.222. The standard InChI is InChI=1S/C27H30N4O6S/c1-27(2,3)37-24(32)18-31(17-19-7-5-4-6-8-19)38(34,35)23-15-9-20(10-16-23)25(33)36-22-13-11-21(12-14-22)30-26(28)29/h4-16H,17-18H2,1-3H3,(H4,28,29,30). The quantitative estimate of drug-likeness (QED) is 0.182. The van der Waals surface area contributed by atoms with E-state index < -0.39 is 34.1 Å². The molecule has 0 unspecified atom stereocenters. The van der Waals surface area contributed by atoms with Crippen LogP contribution in [0.3, 0.4) is 0 Å². The number of nitrogens with two attached hydrogens (primary N) is 2. The molecule has 11 heteroatoms. The first kappa shape index (κ1) is 28.4. The number of sulfonamides is 1. The summed E-state index contributed by atoms with van der Waals surface area (Å²) in [6, 6.07) is 20.4. The molecule has 10 nitrogen and oxygen atoms in total. The molecule has 0 aromatic heterocycles. The van der Waals surface area contributed by atoms with Gasteiger partial charge in [-0.05, 0) is 74.9 Å². The second kappa shape index (κ2) is 11.9. The number of nitrogens with zero attached hydrogens (tertiary/aromatic N) is 2. The SMILES string of the molecule is CC(C)(C)OC(=O)CN(Cc1ccccc1)S(=O)(=O)c1ccc(C(=O)Oc2ccc(N=C(N)N)cc2)cc1. The summed E-state index contributed by atoms with van der Waals surface area (Å²) >= 11 is 0. The molecule has 0 saturated carbocycles. The fourth-order valence-corrected chi connectivity index (χ4v) is 4.72. The molecule has 3 aromatic carbocycles. The highest BCUT2D eigenvalue weighted by atomic mass is 32.2. The van der Waals surface area contributed by atoms with Crippen LogP contribution in [0.4, 0.5) is 5.69 Å². The number of hydrogen-bond donors (Lipinski definition) is 2. The zero-order valence-electron chi connectivity index (χ0n) is 21.3. The first-order valence-electron chi connectivity index (χ1n) is 11.6. The number of esters is 2. The van der Waals surface area contributed by atoms with Crippen LogP contribution in [0.25, 0.3) is 0 Å². The minimum Gasteiger partial charge on any atom is -0.459 e. The normalized spacial score (nSPS) is 11.6. The number of benzene rings is 3. The maximum absolute atomic E-state index is 13.5. The van der Waals surface area contributed by atoms with Gasteiger partial charge in [-0.15, -0.1) is 0 Å². The lowest BCUT2D eigenvalue weighted by molar-refractivity contribution is -0.155. The molecule has 0 aliphatic heterocycles. The average molecular weight is 539 g/mol. The van der Waals surface area contributed by atoms with E-state index in [9.17, 15) is 18.0 Å². The van der Waals surface area contributed by atoms with Crippen LogP contribution in [0.15, 0.2) is 88.8 Å². The molecule has 0 bridgehead atoms. The summed E-state index contributed by atoms with van der Waals surface area (Å²) in [6.45, 7) is 4.60. The van der Waals surface area contributed by atoms with E-state index in [0.29, 0.717) is 11.3 Å². The number of hydrogen-bond acceptors (Lipinski definition) is 7. The molecule has 0 atom stereocenters. The van der Waals surface area contributed by atoms with Crippen LogP contribution >= 0.6 is 0 Å². The minimum absolute atomic E-state index is 0.0396.